The molecule has 6 heteroatoms. The first-order valence-corrected chi connectivity index (χ1v) is 8.07. The van der Waals surface area contributed by atoms with Crippen LogP contribution in [0.3, 0.4) is 0 Å². The van der Waals surface area contributed by atoms with Crippen molar-refractivity contribution < 1.29 is 14.7 Å². The molecule has 0 radical (unpaired) electrons. The standard InChI is InChI=1S/C18H21N3O3/c1-12(22)20-9-18(24)21-10-14(17(23)11-21)8-13-6-7-19-16-5-3-2-4-15(13)16/h2-7,14,17,23H,8-11H2,1H3,(H,20,22)/t14-,17-/m1/s1. The molecule has 1 aromatic carbocycles. The van der Waals surface area contributed by atoms with Crippen LogP contribution in [-0.4, -0.2) is 52.5 Å². The number of aliphatic hydroxyl groups excluding tert-OH is 1. The second-order valence-corrected chi connectivity index (χ2v) is 6.23. The number of hydrogen-bond donors (Lipinski definition) is 2. The highest BCUT2D eigenvalue weighted by Gasteiger charge is 2.34. The number of nitrogens with one attached hydrogen (secondary N) is 1. The molecule has 126 valence electrons. The van der Waals surface area contributed by atoms with Crippen molar-refractivity contribution in [1.29, 1.82) is 0 Å². The Balaban J connectivity index is 1.69. The molecule has 2 atom stereocenters. The molecular formula is C18H21N3O3. The lowest BCUT2D eigenvalue weighted by molar-refractivity contribution is -0.131. The molecule has 0 unspecified atom stereocenters. The third-order valence-electron chi connectivity index (χ3n) is 4.47. The van der Waals surface area contributed by atoms with Crippen LogP contribution in [0.2, 0.25) is 0 Å². The van der Waals surface area contributed by atoms with Gasteiger partial charge < -0.3 is 15.3 Å². The van der Waals surface area contributed by atoms with E-state index < -0.39 is 6.10 Å². The van der Waals surface area contributed by atoms with E-state index in [1.54, 1.807) is 11.1 Å². The zero-order chi connectivity index (χ0) is 17.1. The number of pyridine rings is 1. The van der Waals surface area contributed by atoms with Gasteiger partial charge >= 0.3 is 0 Å². The fourth-order valence-electron chi connectivity index (χ4n) is 3.19. The smallest absolute Gasteiger partial charge is 0.242 e. The van der Waals surface area contributed by atoms with Gasteiger partial charge in [0.15, 0.2) is 0 Å². The summed E-state index contributed by atoms with van der Waals surface area (Å²) < 4.78 is 0. The highest BCUT2D eigenvalue weighted by molar-refractivity contribution is 5.84. The zero-order valence-electron chi connectivity index (χ0n) is 13.6. The Labute approximate surface area is 140 Å². The molecule has 0 saturated carbocycles. The van der Waals surface area contributed by atoms with E-state index in [0.29, 0.717) is 19.5 Å². The SMILES string of the molecule is CC(=O)NCC(=O)N1C[C@@H](Cc2ccnc3ccccc23)[C@H](O)C1. The lowest BCUT2D eigenvalue weighted by Crippen LogP contribution is -2.38. The maximum absolute atomic E-state index is 12.1. The Kier molecular flexibility index (Phi) is 4.76. The topological polar surface area (TPSA) is 82.5 Å². The number of para-hydroxylation sites is 1. The normalized spacial score (nSPS) is 20.3. The average Bonchev–Trinajstić information content (AvgIpc) is 2.94. The van der Waals surface area contributed by atoms with Crippen molar-refractivity contribution in [3.8, 4) is 0 Å². The number of rotatable bonds is 4. The lowest BCUT2D eigenvalue weighted by Gasteiger charge is -2.16. The molecule has 2 N–H and O–H groups in total. The number of β-amino-alcohol motifs (C(OH)–C–C–N with tert-alkyl or cyclic N) is 1. The summed E-state index contributed by atoms with van der Waals surface area (Å²) >= 11 is 0. The minimum absolute atomic E-state index is 0.0166. The Hall–Kier alpha value is -2.47. The minimum Gasteiger partial charge on any atom is -0.391 e. The molecule has 0 spiro atoms. The quantitative estimate of drug-likeness (QED) is 0.867. The number of carbonyl (C=O) groups excluding carboxylic acids is 2. The van der Waals surface area contributed by atoms with Gasteiger partial charge in [-0.3, -0.25) is 14.6 Å². The van der Waals surface area contributed by atoms with Crippen molar-refractivity contribution in [1.82, 2.24) is 15.2 Å². The van der Waals surface area contributed by atoms with Crippen LogP contribution in [-0.2, 0) is 16.0 Å². The zero-order valence-corrected chi connectivity index (χ0v) is 13.6. The molecule has 1 aliphatic rings. The van der Waals surface area contributed by atoms with Crippen LogP contribution in [0, 0.1) is 5.92 Å². The molecule has 1 fully saturated rings. The maximum atomic E-state index is 12.1. The van der Waals surface area contributed by atoms with Crippen LogP contribution < -0.4 is 5.32 Å². The number of likely N-dealkylation sites (tertiary alicyclic amines) is 1. The molecule has 2 heterocycles. The highest BCUT2D eigenvalue weighted by Crippen LogP contribution is 2.25. The number of hydrogen-bond acceptors (Lipinski definition) is 4. The number of benzene rings is 1. The summed E-state index contributed by atoms with van der Waals surface area (Å²) in [6.45, 7) is 2.17. The number of fused-ring (bicyclic) bond motifs is 1. The Morgan fingerprint density at radius 3 is 2.88 bits per heavy atom. The minimum atomic E-state index is -0.557. The van der Waals surface area contributed by atoms with E-state index in [4.69, 9.17) is 0 Å². The number of nitrogens with zero attached hydrogens (tertiary/aromatic N) is 2. The Morgan fingerprint density at radius 2 is 2.08 bits per heavy atom. The predicted molar refractivity (Wildman–Crippen MR) is 90.2 cm³/mol. The lowest BCUT2D eigenvalue weighted by atomic mass is 9.94. The third-order valence-corrected chi connectivity index (χ3v) is 4.47. The molecule has 1 saturated heterocycles. The first kappa shape index (κ1) is 16.4. The number of aliphatic hydroxyl groups is 1. The first-order chi connectivity index (χ1) is 11.5. The molecule has 0 bridgehead atoms. The molecule has 6 nitrogen and oxygen atoms in total. The molecule has 24 heavy (non-hydrogen) atoms. The van der Waals surface area contributed by atoms with Gasteiger partial charge in [-0.05, 0) is 24.1 Å². The van der Waals surface area contributed by atoms with E-state index in [1.165, 1.54) is 6.92 Å². The van der Waals surface area contributed by atoms with Gasteiger partial charge in [-0.2, -0.15) is 0 Å². The second-order valence-electron chi connectivity index (χ2n) is 6.23. The summed E-state index contributed by atoms with van der Waals surface area (Å²) in [5, 5.41) is 13.9. The summed E-state index contributed by atoms with van der Waals surface area (Å²) in [4.78, 5) is 29.0. The maximum Gasteiger partial charge on any atom is 0.242 e. The summed E-state index contributed by atoms with van der Waals surface area (Å²) in [5.41, 5.74) is 2.06. The fraction of sp³-hybridized carbons (Fsp3) is 0.389. The van der Waals surface area contributed by atoms with E-state index in [-0.39, 0.29) is 24.3 Å². The van der Waals surface area contributed by atoms with Crippen LogP contribution in [0.25, 0.3) is 10.9 Å². The van der Waals surface area contributed by atoms with E-state index in [1.807, 2.05) is 30.3 Å². The fourth-order valence-corrected chi connectivity index (χ4v) is 3.19. The predicted octanol–water partition coefficient (Wildman–Crippen LogP) is 0.733. The van der Waals surface area contributed by atoms with Gasteiger partial charge in [-0.1, -0.05) is 18.2 Å². The Morgan fingerprint density at radius 1 is 1.29 bits per heavy atom. The van der Waals surface area contributed by atoms with E-state index in [0.717, 1.165) is 16.5 Å². The second kappa shape index (κ2) is 6.97. The molecule has 0 aliphatic carbocycles. The first-order valence-electron chi connectivity index (χ1n) is 8.07. The monoisotopic (exact) mass is 327 g/mol. The molecule has 3 rings (SSSR count). The molecule has 2 aromatic rings. The summed E-state index contributed by atoms with van der Waals surface area (Å²) in [7, 11) is 0. The number of aromatic nitrogens is 1. The van der Waals surface area contributed by atoms with E-state index >= 15 is 0 Å². The van der Waals surface area contributed by atoms with Crippen molar-refractivity contribution in [3.63, 3.8) is 0 Å². The van der Waals surface area contributed by atoms with Gasteiger partial charge in [0, 0.05) is 37.5 Å². The van der Waals surface area contributed by atoms with Gasteiger partial charge in [-0.25, -0.2) is 0 Å². The van der Waals surface area contributed by atoms with Crippen LogP contribution >= 0.6 is 0 Å². The van der Waals surface area contributed by atoms with E-state index in [2.05, 4.69) is 10.3 Å². The Bertz CT molecular complexity index is 757. The van der Waals surface area contributed by atoms with Crippen molar-refractivity contribution in [2.75, 3.05) is 19.6 Å². The van der Waals surface area contributed by atoms with Crippen molar-refractivity contribution >= 4 is 22.7 Å². The van der Waals surface area contributed by atoms with Gasteiger partial charge in [0.1, 0.15) is 0 Å². The average molecular weight is 327 g/mol. The van der Waals surface area contributed by atoms with Gasteiger partial charge in [0.2, 0.25) is 11.8 Å². The van der Waals surface area contributed by atoms with E-state index in [9.17, 15) is 14.7 Å². The van der Waals surface area contributed by atoms with Gasteiger partial charge in [0.25, 0.3) is 0 Å². The van der Waals surface area contributed by atoms with Crippen LogP contribution in [0.15, 0.2) is 36.5 Å². The van der Waals surface area contributed by atoms with Crippen LogP contribution in [0.5, 0.6) is 0 Å². The summed E-state index contributed by atoms with van der Waals surface area (Å²) in [6.07, 6.45) is 1.91. The molecule has 1 aromatic heterocycles. The van der Waals surface area contributed by atoms with Gasteiger partial charge in [0.05, 0.1) is 18.2 Å². The summed E-state index contributed by atoms with van der Waals surface area (Å²) in [6, 6.07) is 9.89. The highest BCUT2D eigenvalue weighted by atomic mass is 16.3. The van der Waals surface area contributed by atoms with Crippen LogP contribution in [0.1, 0.15) is 12.5 Å². The summed E-state index contributed by atoms with van der Waals surface area (Å²) in [5.74, 6) is -0.411. The van der Waals surface area contributed by atoms with Crippen molar-refractivity contribution in [2.24, 2.45) is 5.92 Å². The molecular weight excluding hydrogens is 306 g/mol. The van der Waals surface area contributed by atoms with Crippen molar-refractivity contribution in [3.05, 3.63) is 42.1 Å². The largest absolute Gasteiger partial charge is 0.391 e. The third kappa shape index (κ3) is 3.54. The number of amides is 2. The van der Waals surface area contributed by atoms with Gasteiger partial charge in [-0.15, -0.1) is 0 Å². The molecule has 1 aliphatic heterocycles. The van der Waals surface area contributed by atoms with Crippen molar-refractivity contribution in [2.45, 2.75) is 19.4 Å². The number of carbonyl (C=O) groups is 2. The molecule has 2 amide bonds. The van der Waals surface area contributed by atoms with Crippen LogP contribution in [0.4, 0.5) is 0 Å².